The van der Waals surface area contributed by atoms with Gasteiger partial charge in [0.2, 0.25) is 5.91 Å². The van der Waals surface area contributed by atoms with Gasteiger partial charge in [0, 0.05) is 42.6 Å². The van der Waals surface area contributed by atoms with Crippen molar-refractivity contribution in [2.75, 3.05) is 17.2 Å². The zero-order valence-electron chi connectivity index (χ0n) is 17.9. The Bertz CT molecular complexity index is 1190. The summed E-state index contributed by atoms with van der Waals surface area (Å²) < 4.78 is 38.2. The Kier molecular flexibility index (Phi) is 6.09. The molecule has 4 rings (SSSR count). The average Bonchev–Trinajstić information content (AvgIpc) is 2.78. The molecule has 0 saturated heterocycles. The molecular weight excluding hydrogens is 431 g/mol. The summed E-state index contributed by atoms with van der Waals surface area (Å²) in [6.07, 6.45) is -3.70. The van der Waals surface area contributed by atoms with Crippen molar-refractivity contribution in [2.24, 2.45) is 0 Å². The van der Waals surface area contributed by atoms with Crippen molar-refractivity contribution in [3.8, 4) is 0 Å². The highest BCUT2D eigenvalue weighted by Gasteiger charge is 2.30. The van der Waals surface area contributed by atoms with Gasteiger partial charge in [-0.05, 0) is 72.1 Å². The van der Waals surface area contributed by atoms with E-state index in [-0.39, 0.29) is 11.8 Å². The van der Waals surface area contributed by atoms with Crippen molar-refractivity contribution in [3.63, 3.8) is 0 Å². The van der Waals surface area contributed by atoms with E-state index < -0.39 is 11.7 Å². The third-order valence-corrected chi connectivity index (χ3v) is 5.44. The number of nitrogens with zero attached hydrogens (tertiary/aromatic N) is 1. The summed E-state index contributed by atoms with van der Waals surface area (Å²) >= 11 is 0. The molecule has 2 N–H and O–H groups in total. The van der Waals surface area contributed by atoms with E-state index in [1.54, 1.807) is 29.2 Å². The van der Waals surface area contributed by atoms with E-state index >= 15 is 0 Å². The molecule has 170 valence electrons. The van der Waals surface area contributed by atoms with Gasteiger partial charge >= 0.3 is 6.18 Å². The Balaban J connectivity index is 1.44. The molecule has 5 nitrogen and oxygen atoms in total. The van der Waals surface area contributed by atoms with Gasteiger partial charge in [0.1, 0.15) is 0 Å². The number of carbonyl (C=O) groups is 2. The number of halogens is 3. The second kappa shape index (κ2) is 8.97. The number of alkyl halides is 3. The molecule has 0 fully saturated rings. The third-order valence-electron chi connectivity index (χ3n) is 5.44. The molecule has 3 aromatic carbocycles. The van der Waals surface area contributed by atoms with Crippen molar-refractivity contribution in [2.45, 2.75) is 26.1 Å². The molecule has 1 aliphatic heterocycles. The van der Waals surface area contributed by atoms with Crippen LogP contribution in [0.25, 0.3) is 0 Å². The highest BCUT2D eigenvalue weighted by atomic mass is 19.4. The Labute approximate surface area is 189 Å². The van der Waals surface area contributed by atoms with E-state index in [9.17, 15) is 22.8 Å². The Morgan fingerprint density at radius 1 is 0.879 bits per heavy atom. The zero-order valence-corrected chi connectivity index (χ0v) is 17.9. The van der Waals surface area contributed by atoms with E-state index in [4.69, 9.17) is 0 Å². The largest absolute Gasteiger partial charge is 0.416 e. The fourth-order valence-electron chi connectivity index (χ4n) is 3.83. The van der Waals surface area contributed by atoms with Crippen LogP contribution in [-0.2, 0) is 23.9 Å². The summed E-state index contributed by atoms with van der Waals surface area (Å²) in [5.74, 6) is -0.313. The minimum atomic E-state index is -4.36. The molecular formula is C25H22F3N3O2. The van der Waals surface area contributed by atoms with Crippen molar-refractivity contribution in [1.82, 2.24) is 4.90 Å². The van der Waals surface area contributed by atoms with Crippen molar-refractivity contribution in [1.29, 1.82) is 0 Å². The fourth-order valence-corrected chi connectivity index (χ4v) is 3.83. The third kappa shape index (κ3) is 5.34. The quantitative estimate of drug-likeness (QED) is 0.540. The molecule has 0 bridgehead atoms. The molecule has 0 spiro atoms. The molecule has 0 saturated carbocycles. The number of fused-ring (bicyclic) bond motifs is 1. The molecule has 3 aromatic rings. The molecule has 33 heavy (non-hydrogen) atoms. The highest BCUT2D eigenvalue weighted by Crippen LogP contribution is 2.31. The number of hydrogen-bond donors (Lipinski definition) is 2. The maximum Gasteiger partial charge on any atom is 0.416 e. The maximum absolute atomic E-state index is 13.0. The van der Waals surface area contributed by atoms with Crippen LogP contribution in [0, 0.1) is 0 Å². The van der Waals surface area contributed by atoms with Crippen LogP contribution in [0.3, 0.4) is 0 Å². The number of amides is 2. The second-order valence-electron chi connectivity index (χ2n) is 7.92. The number of rotatable bonds is 4. The van der Waals surface area contributed by atoms with Crippen molar-refractivity contribution >= 4 is 28.9 Å². The lowest BCUT2D eigenvalue weighted by Gasteiger charge is -2.29. The molecule has 1 aliphatic rings. The van der Waals surface area contributed by atoms with Crippen LogP contribution in [0.2, 0.25) is 0 Å². The predicted molar refractivity (Wildman–Crippen MR) is 120 cm³/mol. The Hall–Kier alpha value is -3.81. The first kappa shape index (κ1) is 22.4. The Morgan fingerprint density at radius 3 is 2.30 bits per heavy atom. The van der Waals surface area contributed by atoms with E-state index in [1.807, 2.05) is 18.2 Å². The summed E-state index contributed by atoms with van der Waals surface area (Å²) in [4.78, 5) is 26.0. The highest BCUT2D eigenvalue weighted by molar-refractivity contribution is 5.97. The van der Waals surface area contributed by atoms with Crippen LogP contribution >= 0.6 is 0 Å². The van der Waals surface area contributed by atoms with Gasteiger partial charge in [0.25, 0.3) is 5.91 Å². The summed E-state index contributed by atoms with van der Waals surface area (Å²) in [5, 5.41) is 5.81. The van der Waals surface area contributed by atoms with Gasteiger partial charge in [-0.3, -0.25) is 9.59 Å². The number of anilines is 3. The van der Waals surface area contributed by atoms with Crippen LogP contribution in [0.4, 0.5) is 30.2 Å². The van der Waals surface area contributed by atoms with E-state index in [1.165, 1.54) is 19.1 Å². The van der Waals surface area contributed by atoms with Gasteiger partial charge in [-0.25, -0.2) is 0 Å². The number of benzene rings is 3. The molecule has 0 aliphatic carbocycles. The minimum absolute atomic E-state index is 0.111. The molecule has 0 atom stereocenters. The van der Waals surface area contributed by atoms with Gasteiger partial charge in [-0.15, -0.1) is 0 Å². The molecule has 0 radical (unpaired) electrons. The molecule has 0 unspecified atom stereocenters. The van der Waals surface area contributed by atoms with E-state index in [0.29, 0.717) is 36.4 Å². The maximum atomic E-state index is 13.0. The van der Waals surface area contributed by atoms with Crippen LogP contribution in [0.5, 0.6) is 0 Å². The predicted octanol–water partition coefficient (Wildman–Crippen LogP) is 5.61. The van der Waals surface area contributed by atoms with E-state index in [2.05, 4.69) is 10.6 Å². The van der Waals surface area contributed by atoms with E-state index in [0.717, 1.165) is 28.9 Å². The van der Waals surface area contributed by atoms with Crippen LogP contribution < -0.4 is 10.6 Å². The molecule has 2 amide bonds. The number of hydrogen-bond acceptors (Lipinski definition) is 3. The smallest absolute Gasteiger partial charge is 0.356 e. The summed E-state index contributed by atoms with van der Waals surface area (Å²) in [7, 11) is 0. The fraction of sp³-hybridized carbons (Fsp3) is 0.200. The first-order chi connectivity index (χ1) is 15.7. The van der Waals surface area contributed by atoms with Crippen molar-refractivity contribution in [3.05, 3.63) is 89.0 Å². The van der Waals surface area contributed by atoms with Gasteiger partial charge in [-0.2, -0.15) is 13.2 Å². The SMILES string of the molecule is CC(=O)Nc1cccc(C(=O)N2CCc3cc(Nc4ccc(C(F)(F)F)cc4)ccc3C2)c1. The van der Waals surface area contributed by atoms with Gasteiger partial charge in [0.15, 0.2) is 0 Å². The Morgan fingerprint density at radius 2 is 1.61 bits per heavy atom. The molecule has 0 aromatic heterocycles. The van der Waals surface area contributed by atoms with Crippen LogP contribution in [0.15, 0.2) is 66.7 Å². The standard InChI is InChI=1S/C25H22F3N3O2/c1-16(32)29-22-4-2-3-18(14-22)24(33)31-12-11-17-13-23(8-5-19(17)15-31)30-21-9-6-20(7-10-21)25(26,27)28/h2-10,13-14,30H,11-12,15H2,1H3,(H,29,32). The first-order valence-electron chi connectivity index (χ1n) is 10.4. The lowest BCUT2D eigenvalue weighted by Crippen LogP contribution is -2.36. The second-order valence-corrected chi connectivity index (χ2v) is 7.92. The van der Waals surface area contributed by atoms with Gasteiger partial charge in [0.05, 0.1) is 5.56 Å². The monoisotopic (exact) mass is 453 g/mol. The van der Waals surface area contributed by atoms with Crippen molar-refractivity contribution < 1.29 is 22.8 Å². The topological polar surface area (TPSA) is 61.4 Å². The molecule has 8 heteroatoms. The molecule has 1 heterocycles. The number of nitrogens with one attached hydrogen (secondary N) is 2. The number of carbonyl (C=O) groups excluding carboxylic acids is 2. The zero-order chi connectivity index (χ0) is 23.6. The lowest BCUT2D eigenvalue weighted by atomic mass is 9.98. The first-order valence-corrected chi connectivity index (χ1v) is 10.4. The minimum Gasteiger partial charge on any atom is -0.356 e. The van der Waals surface area contributed by atoms with Gasteiger partial charge in [-0.1, -0.05) is 12.1 Å². The summed E-state index contributed by atoms with van der Waals surface area (Å²) in [6, 6.07) is 17.5. The summed E-state index contributed by atoms with van der Waals surface area (Å²) in [6.45, 7) is 2.41. The van der Waals surface area contributed by atoms with Crippen LogP contribution in [-0.4, -0.2) is 23.3 Å². The van der Waals surface area contributed by atoms with Crippen LogP contribution in [0.1, 0.15) is 34.0 Å². The lowest BCUT2D eigenvalue weighted by molar-refractivity contribution is -0.137. The normalized spacial score (nSPS) is 13.3. The average molecular weight is 453 g/mol. The summed E-state index contributed by atoms with van der Waals surface area (Å²) in [5.41, 5.74) is 3.83. The van der Waals surface area contributed by atoms with Gasteiger partial charge < -0.3 is 15.5 Å².